The predicted octanol–water partition coefficient (Wildman–Crippen LogP) is 2.92. The van der Waals surface area contributed by atoms with E-state index >= 15 is 0 Å². The number of nitrogens with one attached hydrogen (secondary N) is 2. The Balaban J connectivity index is 1.64. The van der Waals surface area contributed by atoms with Crippen molar-refractivity contribution < 1.29 is 0 Å². The molecular formula is C14H14N6S. The zero-order valence-electron chi connectivity index (χ0n) is 11.4. The van der Waals surface area contributed by atoms with Gasteiger partial charge in [-0.15, -0.1) is 0 Å². The lowest BCUT2D eigenvalue weighted by Crippen LogP contribution is -2.08. The molecule has 0 saturated heterocycles. The molecule has 3 aromatic rings. The first-order valence-electron chi connectivity index (χ1n) is 6.47. The van der Waals surface area contributed by atoms with Crippen molar-refractivity contribution in [2.45, 2.75) is 23.0 Å². The predicted molar refractivity (Wildman–Crippen MR) is 81.0 cm³/mol. The number of anilines is 1. The van der Waals surface area contributed by atoms with Gasteiger partial charge in [-0.1, -0.05) is 11.8 Å². The molecule has 21 heavy (non-hydrogen) atoms. The van der Waals surface area contributed by atoms with Crippen LogP contribution in [-0.2, 0) is 0 Å². The van der Waals surface area contributed by atoms with Crippen LogP contribution in [-0.4, -0.2) is 25.1 Å². The number of rotatable bonds is 5. The summed E-state index contributed by atoms with van der Waals surface area (Å²) in [5.41, 5.74) is 1.95. The standard InChI is InChI=1S/C14H14N6S/c1-10(13-8-15-6-7-16-13)19-11-2-4-12(5-3-11)21-14-17-9-18-20-14/h2-10,19H,1H3,(H,17,18,20). The van der Waals surface area contributed by atoms with Crippen LogP contribution in [0.1, 0.15) is 18.7 Å². The lowest BCUT2D eigenvalue weighted by atomic mass is 10.2. The summed E-state index contributed by atoms with van der Waals surface area (Å²) < 4.78 is 0. The van der Waals surface area contributed by atoms with Crippen LogP contribution in [0, 0.1) is 0 Å². The molecule has 0 aliphatic rings. The van der Waals surface area contributed by atoms with Gasteiger partial charge < -0.3 is 5.32 Å². The third-order valence-corrected chi connectivity index (χ3v) is 3.77. The lowest BCUT2D eigenvalue weighted by molar-refractivity contribution is 0.827. The number of aromatic amines is 1. The molecule has 0 aliphatic carbocycles. The molecule has 7 heteroatoms. The van der Waals surface area contributed by atoms with Crippen molar-refractivity contribution in [3.8, 4) is 0 Å². The van der Waals surface area contributed by atoms with Crippen LogP contribution in [0.15, 0.2) is 59.2 Å². The maximum Gasteiger partial charge on any atom is 0.188 e. The maximum atomic E-state index is 4.29. The summed E-state index contributed by atoms with van der Waals surface area (Å²) in [5.74, 6) is 0. The van der Waals surface area contributed by atoms with E-state index in [0.29, 0.717) is 0 Å². The molecule has 2 N–H and O–H groups in total. The number of benzene rings is 1. The fourth-order valence-corrected chi connectivity index (χ4v) is 2.53. The minimum Gasteiger partial charge on any atom is -0.377 e. The van der Waals surface area contributed by atoms with Crippen LogP contribution in [0.2, 0.25) is 0 Å². The maximum absolute atomic E-state index is 4.29. The molecular weight excluding hydrogens is 284 g/mol. The lowest BCUT2D eigenvalue weighted by Gasteiger charge is -2.14. The second-order valence-corrected chi connectivity index (χ2v) is 5.48. The largest absolute Gasteiger partial charge is 0.377 e. The Bertz CT molecular complexity index is 668. The van der Waals surface area contributed by atoms with Crippen LogP contribution in [0.3, 0.4) is 0 Å². The molecule has 0 fully saturated rings. The Morgan fingerprint density at radius 2 is 2.00 bits per heavy atom. The van der Waals surface area contributed by atoms with Crippen LogP contribution in [0.4, 0.5) is 5.69 Å². The summed E-state index contributed by atoms with van der Waals surface area (Å²) in [4.78, 5) is 13.6. The molecule has 3 rings (SSSR count). The van der Waals surface area contributed by atoms with Gasteiger partial charge in [0, 0.05) is 23.0 Å². The van der Waals surface area contributed by atoms with E-state index in [4.69, 9.17) is 0 Å². The zero-order chi connectivity index (χ0) is 14.5. The van der Waals surface area contributed by atoms with Gasteiger partial charge >= 0.3 is 0 Å². The van der Waals surface area contributed by atoms with Crippen LogP contribution < -0.4 is 5.32 Å². The second-order valence-electron chi connectivity index (χ2n) is 4.41. The molecule has 2 aromatic heterocycles. The Hall–Kier alpha value is -2.41. The molecule has 0 aliphatic heterocycles. The fraction of sp³-hybridized carbons (Fsp3) is 0.143. The first kappa shape index (κ1) is 13.6. The van der Waals surface area contributed by atoms with Crippen molar-refractivity contribution in [3.05, 3.63) is 54.9 Å². The smallest absolute Gasteiger partial charge is 0.188 e. The number of hydrogen-bond acceptors (Lipinski definition) is 6. The van der Waals surface area contributed by atoms with E-state index in [1.807, 2.05) is 24.3 Å². The third kappa shape index (κ3) is 3.57. The Morgan fingerprint density at radius 1 is 1.14 bits per heavy atom. The van der Waals surface area contributed by atoms with E-state index < -0.39 is 0 Å². The topological polar surface area (TPSA) is 79.4 Å². The Morgan fingerprint density at radius 3 is 2.67 bits per heavy atom. The number of nitrogens with zero attached hydrogens (tertiary/aromatic N) is 4. The van der Waals surface area contributed by atoms with E-state index in [-0.39, 0.29) is 6.04 Å². The SMILES string of the molecule is CC(Nc1ccc(Sc2ncn[nH]2)cc1)c1cnccn1. The molecule has 1 aromatic carbocycles. The quantitative estimate of drug-likeness (QED) is 0.754. The van der Waals surface area contributed by atoms with Crippen LogP contribution in [0.5, 0.6) is 0 Å². The van der Waals surface area contributed by atoms with Crippen LogP contribution >= 0.6 is 11.8 Å². The van der Waals surface area contributed by atoms with Gasteiger partial charge in [0.25, 0.3) is 0 Å². The second kappa shape index (κ2) is 6.36. The van der Waals surface area contributed by atoms with Gasteiger partial charge in [0.2, 0.25) is 0 Å². The summed E-state index contributed by atoms with van der Waals surface area (Å²) in [6, 6.07) is 8.25. The highest BCUT2D eigenvalue weighted by Crippen LogP contribution is 2.26. The van der Waals surface area contributed by atoms with E-state index in [1.165, 1.54) is 18.1 Å². The number of aromatic nitrogens is 5. The van der Waals surface area contributed by atoms with Gasteiger partial charge in [-0.3, -0.25) is 15.1 Å². The molecule has 0 saturated carbocycles. The van der Waals surface area contributed by atoms with Gasteiger partial charge in [-0.05, 0) is 31.2 Å². The molecule has 2 heterocycles. The van der Waals surface area contributed by atoms with Gasteiger partial charge in [0.1, 0.15) is 6.33 Å². The monoisotopic (exact) mass is 298 g/mol. The van der Waals surface area contributed by atoms with Crippen molar-refractivity contribution in [3.63, 3.8) is 0 Å². The minimum absolute atomic E-state index is 0.103. The minimum atomic E-state index is 0.103. The highest BCUT2D eigenvalue weighted by atomic mass is 32.2. The van der Waals surface area contributed by atoms with Gasteiger partial charge in [-0.25, -0.2) is 4.98 Å². The molecule has 0 spiro atoms. The molecule has 1 unspecified atom stereocenters. The highest BCUT2D eigenvalue weighted by Gasteiger charge is 2.07. The number of H-pyrrole nitrogens is 1. The number of hydrogen-bond donors (Lipinski definition) is 2. The van der Waals surface area contributed by atoms with Crippen LogP contribution in [0.25, 0.3) is 0 Å². The fourth-order valence-electron chi connectivity index (χ4n) is 1.83. The van der Waals surface area contributed by atoms with Crippen molar-refractivity contribution in [1.29, 1.82) is 0 Å². The van der Waals surface area contributed by atoms with E-state index in [9.17, 15) is 0 Å². The summed E-state index contributed by atoms with van der Waals surface area (Å²) in [7, 11) is 0. The van der Waals surface area contributed by atoms with Crippen molar-refractivity contribution in [2.75, 3.05) is 5.32 Å². The summed E-state index contributed by atoms with van der Waals surface area (Å²) in [6.07, 6.45) is 6.64. The molecule has 6 nitrogen and oxygen atoms in total. The summed E-state index contributed by atoms with van der Waals surface area (Å²) >= 11 is 1.54. The molecule has 0 amide bonds. The van der Waals surface area contributed by atoms with Gasteiger partial charge in [0.05, 0.1) is 17.9 Å². The molecule has 0 radical (unpaired) electrons. The molecule has 1 atom stereocenters. The summed E-state index contributed by atoms with van der Waals surface area (Å²) in [6.45, 7) is 2.06. The van der Waals surface area contributed by atoms with E-state index in [0.717, 1.165) is 21.4 Å². The normalized spacial score (nSPS) is 12.0. The molecule has 0 bridgehead atoms. The first-order valence-corrected chi connectivity index (χ1v) is 7.28. The van der Waals surface area contributed by atoms with E-state index in [2.05, 4.69) is 37.4 Å². The zero-order valence-corrected chi connectivity index (χ0v) is 12.2. The average molecular weight is 298 g/mol. The van der Waals surface area contributed by atoms with Crippen molar-refractivity contribution in [2.24, 2.45) is 0 Å². The average Bonchev–Trinajstić information content (AvgIpc) is 3.03. The van der Waals surface area contributed by atoms with Gasteiger partial charge in [0.15, 0.2) is 5.16 Å². The third-order valence-electron chi connectivity index (χ3n) is 2.87. The van der Waals surface area contributed by atoms with Crippen molar-refractivity contribution in [1.82, 2.24) is 25.1 Å². The highest BCUT2D eigenvalue weighted by molar-refractivity contribution is 7.99. The Labute approximate surface area is 126 Å². The first-order chi connectivity index (χ1) is 10.3. The van der Waals surface area contributed by atoms with E-state index in [1.54, 1.807) is 18.6 Å². The van der Waals surface area contributed by atoms with Crippen molar-refractivity contribution >= 4 is 17.4 Å². The van der Waals surface area contributed by atoms with Gasteiger partial charge in [-0.2, -0.15) is 5.10 Å². The Kier molecular flexibility index (Phi) is 4.11. The summed E-state index contributed by atoms with van der Waals surface area (Å²) in [5, 5.41) is 10.8. The molecule has 106 valence electrons.